The van der Waals surface area contributed by atoms with Gasteiger partial charge in [0.25, 0.3) is 0 Å². The average molecular weight is 275 g/mol. The van der Waals surface area contributed by atoms with Gasteiger partial charge >= 0.3 is 0 Å². The highest BCUT2D eigenvalue weighted by Crippen LogP contribution is 2.32. The van der Waals surface area contributed by atoms with Gasteiger partial charge < -0.3 is 4.74 Å². The van der Waals surface area contributed by atoms with Crippen molar-refractivity contribution in [1.29, 1.82) is 0 Å². The fraction of sp³-hybridized carbons (Fsp3) is 0.267. The number of pyridine rings is 1. The highest BCUT2D eigenvalue weighted by molar-refractivity contribution is 5.44. The number of halogens is 1. The maximum atomic E-state index is 14.3. The number of nitrogens with two attached hydrogens (primary N) is 1. The van der Waals surface area contributed by atoms with Gasteiger partial charge in [0.15, 0.2) is 0 Å². The van der Waals surface area contributed by atoms with Crippen molar-refractivity contribution in [3.8, 4) is 5.75 Å². The van der Waals surface area contributed by atoms with Crippen LogP contribution < -0.4 is 16.0 Å². The van der Waals surface area contributed by atoms with E-state index in [4.69, 9.17) is 10.6 Å². The summed E-state index contributed by atoms with van der Waals surface area (Å²) in [5.41, 5.74) is 5.64. The van der Waals surface area contributed by atoms with Crippen LogP contribution in [0.2, 0.25) is 0 Å². The summed E-state index contributed by atoms with van der Waals surface area (Å²) >= 11 is 0. The Morgan fingerprint density at radius 1 is 1.35 bits per heavy atom. The van der Waals surface area contributed by atoms with E-state index in [1.807, 2.05) is 19.9 Å². The molecule has 1 aromatic carbocycles. The van der Waals surface area contributed by atoms with Gasteiger partial charge in [-0.25, -0.2) is 9.82 Å². The minimum Gasteiger partial charge on any atom is -0.495 e. The Bertz CT molecular complexity index is 593. The van der Waals surface area contributed by atoms with Crippen molar-refractivity contribution in [1.82, 2.24) is 10.4 Å². The van der Waals surface area contributed by atoms with E-state index in [0.29, 0.717) is 11.3 Å². The Morgan fingerprint density at radius 2 is 2.10 bits per heavy atom. The molecule has 2 aromatic rings. The molecule has 2 rings (SSSR count). The number of hydrogen-bond acceptors (Lipinski definition) is 4. The molecule has 1 aromatic heterocycles. The first-order valence-electron chi connectivity index (χ1n) is 6.29. The third-order valence-electron chi connectivity index (χ3n) is 3.28. The van der Waals surface area contributed by atoms with Crippen LogP contribution in [0, 0.1) is 19.7 Å². The number of benzene rings is 1. The second-order valence-electron chi connectivity index (χ2n) is 4.69. The lowest BCUT2D eigenvalue weighted by Crippen LogP contribution is -2.30. The Labute approximate surface area is 117 Å². The number of methoxy groups -OCH3 is 1. The lowest BCUT2D eigenvalue weighted by Gasteiger charge is -2.22. The Hall–Kier alpha value is -1.98. The molecule has 0 aliphatic rings. The summed E-state index contributed by atoms with van der Waals surface area (Å²) in [6.07, 6.45) is 3.21. The van der Waals surface area contributed by atoms with Gasteiger partial charge in [-0.05, 0) is 37.1 Å². The van der Waals surface area contributed by atoms with Crippen LogP contribution in [0.5, 0.6) is 5.75 Å². The smallest absolute Gasteiger partial charge is 0.142 e. The Kier molecular flexibility index (Phi) is 4.32. The number of hydrogen-bond donors (Lipinski definition) is 2. The summed E-state index contributed by atoms with van der Waals surface area (Å²) in [5, 5.41) is 0. The second-order valence-corrected chi connectivity index (χ2v) is 4.69. The van der Waals surface area contributed by atoms with Crippen LogP contribution in [-0.4, -0.2) is 12.1 Å². The number of nitrogens with zero attached hydrogens (tertiary/aromatic N) is 1. The first-order valence-corrected chi connectivity index (χ1v) is 6.29. The highest BCUT2D eigenvalue weighted by Gasteiger charge is 2.22. The quantitative estimate of drug-likeness (QED) is 0.664. The summed E-state index contributed by atoms with van der Waals surface area (Å²) in [6.45, 7) is 3.72. The predicted octanol–water partition coefficient (Wildman–Crippen LogP) is 2.40. The molecule has 0 saturated carbocycles. The van der Waals surface area contributed by atoms with E-state index in [-0.39, 0.29) is 5.82 Å². The van der Waals surface area contributed by atoms with Gasteiger partial charge in [0.05, 0.1) is 19.3 Å². The van der Waals surface area contributed by atoms with Crippen LogP contribution in [-0.2, 0) is 0 Å². The summed E-state index contributed by atoms with van der Waals surface area (Å²) in [6, 6.07) is 4.70. The fourth-order valence-corrected chi connectivity index (χ4v) is 2.42. The first-order chi connectivity index (χ1) is 9.58. The summed E-state index contributed by atoms with van der Waals surface area (Å²) in [7, 11) is 1.55. The maximum absolute atomic E-state index is 14.3. The van der Waals surface area contributed by atoms with Crippen LogP contribution in [0.4, 0.5) is 4.39 Å². The molecule has 0 aliphatic carbocycles. The van der Waals surface area contributed by atoms with Crippen molar-refractivity contribution >= 4 is 0 Å². The van der Waals surface area contributed by atoms with Crippen molar-refractivity contribution in [3.63, 3.8) is 0 Å². The summed E-state index contributed by atoms with van der Waals surface area (Å²) < 4.78 is 19.6. The topological polar surface area (TPSA) is 60.2 Å². The van der Waals surface area contributed by atoms with Crippen LogP contribution in [0.1, 0.15) is 28.3 Å². The van der Waals surface area contributed by atoms with Crippen LogP contribution in [0.15, 0.2) is 30.6 Å². The molecule has 5 heteroatoms. The molecule has 0 amide bonds. The van der Waals surface area contributed by atoms with Crippen LogP contribution in [0.3, 0.4) is 0 Å². The molecule has 1 heterocycles. The van der Waals surface area contributed by atoms with Gasteiger partial charge in [-0.1, -0.05) is 6.07 Å². The third-order valence-corrected chi connectivity index (χ3v) is 3.28. The van der Waals surface area contributed by atoms with E-state index in [1.54, 1.807) is 25.6 Å². The molecule has 1 atom stereocenters. The molecule has 1 unspecified atom stereocenters. The van der Waals surface area contributed by atoms with Crippen molar-refractivity contribution in [2.45, 2.75) is 19.9 Å². The average Bonchev–Trinajstić information content (AvgIpc) is 2.42. The molecule has 0 aliphatic heterocycles. The molecule has 3 N–H and O–H groups in total. The zero-order valence-corrected chi connectivity index (χ0v) is 11.8. The second kappa shape index (κ2) is 5.98. The number of hydrazine groups is 1. The zero-order chi connectivity index (χ0) is 14.7. The SMILES string of the molecule is COc1cnccc1C(NN)c1c(C)cc(C)cc1F. The van der Waals surface area contributed by atoms with E-state index in [9.17, 15) is 4.39 Å². The normalized spacial score (nSPS) is 12.2. The van der Waals surface area contributed by atoms with Crippen molar-refractivity contribution in [3.05, 3.63) is 58.7 Å². The minimum atomic E-state index is -0.492. The molecule has 20 heavy (non-hydrogen) atoms. The van der Waals surface area contributed by atoms with Gasteiger partial charge in [-0.15, -0.1) is 0 Å². The van der Waals surface area contributed by atoms with Gasteiger partial charge in [0.2, 0.25) is 0 Å². The van der Waals surface area contributed by atoms with E-state index >= 15 is 0 Å². The molecule has 0 radical (unpaired) electrons. The zero-order valence-electron chi connectivity index (χ0n) is 11.8. The van der Waals surface area contributed by atoms with E-state index in [2.05, 4.69) is 10.4 Å². The van der Waals surface area contributed by atoms with Gasteiger partial charge in [-0.2, -0.15) is 0 Å². The van der Waals surface area contributed by atoms with E-state index in [1.165, 1.54) is 6.07 Å². The highest BCUT2D eigenvalue weighted by atomic mass is 19.1. The van der Waals surface area contributed by atoms with Crippen molar-refractivity contribution in [2.75, 3.05) is 7.11 Å². The van der Waals surface area contributed by atoms with Gasteiger partial charge in [0, 0.05) is 17.3 Å². The van der Waals surface area contributed by atoms with Gasteiger partial charge in [-0.3, -0.25) is 10.8 Å². The Balaban J connectivity index is 2.59. The predicted molar refractivity (Wildman–Crippen MR) is 75.8 cm³/mol. The number of rotatable bonds is 4. The number of ether oxygens (including phenoxy) is 1. The standard InChI is InChI=1S/C15H18FN3O/c1-9-6-10(2)14(12(16)7-9)15(19-17)11-4-5-18-8-13(11)20-3/h4-8,15,19H,17H2,1-3H3. The van der Waals surface area contributed by atoms with Crippen LogP contribution >= 0.6 is 0 Å². The molecule has 0 spiro atoms. The molecule has 4 nitrogen and oxygen atoms in total. The molecule has 0 saturated heterocycles. The van der Waals surface area contributed by atoms with E-state index < -0.39 is 6.04 Å². The Morgan fingerprint density at radius 3 is 2.70 bits per heavy atom. The minimum absolute atomic E-state index is 0.288. The molecule has 0 bridgehead atoms. The number of nitrogens with one attached hydrogen (secondary N) is 1. The summed E-state index contributed by atoms with van der Waals surface area (Å²) in [4.78, 5) is 4.00. The molecular formula is C15H18FN3O. The van der Waals surface area contributed by atoms with Crippen molar-refractivity contribution < 1.29 is 9.13 Å². The first kappa shape index (κ1) is 14.4. The lowest BCUT2D eigenvalue weighted by molar-refractivity contribution is 0.401. The largest absolute Gasteiger partial charge is 0.495 e. The summed E-state index contributed by atoms with van der Waals surface area (Å²) in [5.74, 6) is 5.92. The fourth-order valence-electron chi connectivity index (χ4n) is 2.42. The number of aryl methyl sites for hydroxylation is 2. The molecule has 0 fully saturated rings. The maximum Gasteiger partial charge on any atom is 0.142 e. The molecule has 106 valence electrons. The molecular weight excluding hydrogens is 257 g/mol. The van der Waals surface area contributed by atoms with Gasteiger partial charge in [0.1, 0.15) is 11.6 Å². The lowest BCUT2D eigenvalue weighted by atomic mass is 9.93. The monoisotopic (exact) mass is 275 g/mol. The third kappa shape index (κ3) is 2.64. The van der Waals surface area contributed by atoms with Crippen LogP contribution in [0.25, 0.3) is 0 Å². The number of aromatic nitrogens is 1. The van der Waals surface area contributed by atoms with Crippen molar-refractivity contribution in [2.24, 2.45) is 5.84 Å². The van der Waals surface area contributed by atoms with E-state index in [0.717, 1.165) is 16.7 Å².